The monoisotopic (exact) mass is 442 g/mol. The number of amides is 1. The molecule has 0 atom stereocenters. The van der Waals surface area contributed by atoms with Crippen LogP contribution in [0, 0.1) is 0 Å². The first-order valence-electron chi connectivity index (χ1n) is 11.0. The fourth-order valence-electron chi connectivity index (χ4n) is 4.27. The number of nitrogens with zero attached hydrogens (tertiary/aromatic N) is 3. The molecule has 33 heavy (non-hydrogen) atoms. The molecule has 2 aliphatic rings. The third-order valence-electron chi connectivity index (χ3n) is 6.25. The van der Waals surface area contributed by atoms with Gasteiger partial charge in [0.2, 0.25) is 18.5 Å². The second kappa shape index (κ2) is 7.81. The standard InChI is InChI=1S/C25H22N4O4/c30-24(25(10-11-25)18-5-2-1-3-6-18)26-12-14-29-13-4-7-19(29)23-27-22(28-33-23)17-8-9-20-21(15-17)32-16-31-20/h1-9,13,15H,10-12,14,16H2,(H,26,30). The molecule has 0 saturated heterocycles. The molecule has 0 unspecified atom stereocenters. The third-order valence-corrected chi connectivity index (χ3v) is 6.25. The van der Waals surface area contributed by atoms with Gasteiger partial charge < -0.3 is 23.9 Å². The minimum Gasteiger partial charge on any atom is -0.454 e. The molecule has 4 aromatic rings. The molecule has 8 nitrogen and oxygen atoms in total. The maximum atomic E-state index is 12.9. The van der Waals surface area contributed by atoms with Gasteiger partial charge in [-0.1, -0.05) is 35.5 Å². The molecule has 1 N–H and O–H groups in total. The van der Waals surface area contributed by atoms with Crippen LogP contribution < -0.4 is 14.8 Å². The van der Waals surface area contributed by atoms with Crippen LogP contribution in [0.3, 0.4) is 0 Å². The van der Waals surface area contributed by atoms with Crippen molar-refractivity contribution in [3.8, 4) is 34.5 Å². The van der Waals surface area contributed by atoms with E-state index in [4.69, 9.17) is 14.0 Å². The van der Waals surface area contributed by atoms with Crippen LogP contribution in [0.5, 0.6) is 11.5 Å². The molecule has 3 heterocycles. The van der Waals surface area contributed by atoms with Gasteiger partial charge in [-0.3, -0.25) is 4.79 Å². The molecule has 0 radical (unpaired) electrons. The molecule has 1 aliphatic heterocycles. The summed E-state index contributed by atoms with van der Waals surface area (Å²) in [6.07, 6.45) is 3.72. The van der Waals surface area contributed by atoms with E-state index >= 15 is 0 Å². The van der Waals surface area contributed by atoms with Gasteiger partial charge in [-0.2, -0.15) is 4.98 Å². The van der Waals surface area contributed by atoms with Crippen molar-refractivity contribution < 1.29 is 18.8 Å². The summed E-state index contributed by atoms with van der Waals surface area (Å²) in [5.74, 6) is 2.36. The molecular formula is C25H22N4O4. The van der Waals surface area contributed by atoms with Crippen LogP contribution in [0.2, 0.25) is 0 Å². The van der Waals surface area contributed by atoms with Gasteiger partial charge in [0.05, 0.1) is 5.41 Å². The number of carbonyl (C=O) groups is 1. The summed E-state index contributed by atoms with van der Waals surface area (Å²) in [7, 11) is 0. The first kappa shape index (κ1) is 19.6. The van der Waals surface area contributed by atoms with Crippen molar-refractivity contribution in [2.75, 3.05) is 13.3 Å². The number of fused-ring (bicyclic) bond motifs is 1. The molecule has 0 bridgehead atoms. The van der Waals surface area contributed by atoms with Crippen molar-refractivity contribution in [2.45, 2.75) is 24.8 Å². The zero-order valence-electron chi connectivity index (χ0n) is 17.9. The van der Waals surface area contributed by atoms with Gasteiger partial charge in [0, 0.05) is 24.8 Å². The molecule has 1 saturated carbocycles. The Labute approximate surface area is 190 Å². The van der Waals surface area contributed by atoms with Crippen molar-refractivity contribution in [3.05, 3.63) is 72.4 Å². The van der Waals surface area contributed by atoms with Gasteiger partial charge in [-0.15, -0.1) is 0 Å². The molecule has 8 heteroatoms. The van der Waals surface area contributed by atoms with E-state index in [-0.39, 0.29) is 18.1 Å². The van der Waals surface area contributed by atoms with E-state index in [1.165, 1.54) is 0 Å². The zero-order chi connectivity index (χ0) is 22.3. The molecule has 1 amide bonds. The maximum Gasteiger partial charge on any atom is 0.274 e. The molecule has 6 rings (SSSR count). The Balaban J connectivity index is 1.13. The summed E-state index contributed by atoms with van der Waals surface area (Å²) in [6, 6.07) is 19.4. The summed E-state index contributed by atoms with van der Waals surface area (Å²) >= 11 is 0. The first-order chi connectivity index (χ1) is 16.2. The quantitative estimate of drug-likeness (QED) is 0.468. The number of nitrogens with one attached hydrogen (secondary N) is 1. The predicted octanol–water partition coefficient (Wildman–Crippen LogP) is 3.78. The highest BCUT2D eigenvalue weighted by Gasteiger charge is 2.50. The maximum absolute atomic E-state index is 12.9. The Kier molecular flexibility index (Phi) is 4.64. The van der Waals surface area contributed by atoms with Crippen molar-refractivity contribution in [1.29, 1.82) is 0 Å². The van der Waals surface area contributed by atoms with Crippen LogP contribution in [0.1, 0.15) is 18.4 Å². The molecule has 2 aromatic heterocycles. The Hall–Kier alpha value is -4.07. The van der Waals surface area contributed by atoms with Crippen LogP contribution in [-0.4, -0.2) is 34.0 Å². The lowest BCUT2D eigenvalue weighted by atomic mass is 9.95. The first-order valence-corrected chi connectivity index (χ1v) is 11.0. The lowest BCUT2D eigenvalue weighted by Crippen LogP contribution is -2.36. The minimum absolute atomic E-state index is 0.0882. The van der Waals surface area contributed by atoms with Crippen LogP contribution in [0.15, 0.2) is 71.4 Å². The molecule has 0 spiro atoms. The van der Waals surface area contributed by atoms with Gasteiger partial charge in [-0.25, -0.2) is 0 Å². The van der Waals surface area contributed by atoms with Gasteiger partial charge >= 0.3 is 0 Å². The van der Waals surface area contributed by atoms with Gasteiger partial charge in [0.15, 0.2) is 11.5 Å². The Bertz CT molecular complexity index is 1310. The second-order valence-electron chi connectivity index (χ2n) is 8.28. The van der Waals surface area contributed by atoms with Crippen molar-refractivity contribution in [2.24, 2.45) is 0 Å². The van der Waals surface area contributed by atoms with Gasteiger partial charge in [0.1, 0.15) is 5.69 Å². The number of carbonyl (C=O) groups excluding carboxylic acids is 1. The number of hydrogen-bond donors (Lipinski definition) is 1. The molecule has 166 valence electrons. The van der Waals surface area contributed by atoms with Crippen LogP contribution in [0.4, 0.5) is 0 Å². The van der Waals surface area contributed by atoms with Gasteiger partial charge in [-0.05, 0) is 48.7 Å². The van der Waals surface area contributed by atoms with E-state index in [1.807, 2.05) is 71.4 Å². The van der Waals surface area contributed by atoms with E-state index in [0.717, 1.165) is 29.7 Å². The molecular weight excluding hydrogens is 420 g/mol. The number of hydrogen-bond acceptors (Lipinski definition) is 6. The summed E-state index contributed by atoms with van der Waals surface area (Å²) in [5, 5.41) is 7.23. The largest absolute Gasteiger partial charge is 0.454 e. The predicted molar refractivity (Wildman–Crippen MR) is 120 cm³/mol. The highest BCUT2D eigenvalue weighted by Crippen LogP contribution is 2.48. The van der Waals surface area contributed by atoms with Crippen LogP contribution >= 0.6 is 0 Å². The summed E-state index contributed by atoms with van der Waals surface area (Å²) in [5.41, 5.74) is 2.31. The van der Waals surface area contributed by atoms with E-state index in [1.54, 1.807) is 0 Å². The molecule has 1 aliphatic carbocycles. The van der Waals surface area contributed by atoms with E-state index in [0.29, 0.717) is 36.3 Å². The fraction of sp³-hybridized carbons (Fsp3) is 0.240. The van der Waals surface area contributed by atoms with Crippen molar-refractivity contribution in [1.82, 2.24) is 20.0 Å². The number of rotatable bonds is 7. The highest BCUT2D eigenvalue weighted by molar-refractivity contribution is 5.91. The van der Waals surface area contributed by atoms with Gasteiger partial charge in [0.25, 0.3) is 5.89 Å². The SMILES string of the molecule is O=C(NCCn1cccc1-c1nc(-c2ccc3c(c2)OCO3)no1)C1(c2ccccc2)CC1. The average molecular weight is 442 g/mol. The minimum atomic E-state index is -0.368. The highest BCUT2D eigenvalue weighted by atomic mass is 16.7. The second-order valence-corrected chi connectivity index (χ2v) is 8.28. The lowest BCUT2D eigenvalue weighted by Gasteiger charge is -2.16. The molecule has 2 aromatic carbocycles. The normalized spacial score (nSPS) is 15.4. The van der Waals surface area contributed by atoms with Crippen molar-refractivity contribution in [3.63, 3.8) is 0 Å². The Morgan fingerprint density at radius 1 is 1.03 bits per heavy atom. The van der Waals surface area contributed by atoms with Crippen molar-refractivity contribution >= 4 is 5.91 Å². The number of benzene rings is 2. The van der Waals surface area contributed by atoms with Crippen LogP contribution in [0.25, 0.3) is 23.0 Å². The summed E-state index contributed by atoms with van der Waals surface area (Å²) in [6.45, 7) is 1.33. The number of ether oxygens (including phenoxy) is 2. The Morgan fingerprint density at radius 2 is 1.88 bits per heavy atom. The third kappa shape index (κ3) is 3.53. The molecule has 1 fully saturated rings. The van der Waals surface area contributed by atoms with E-state index in [9.17, 15) is 4.79 Å². The summed E-state index contributed by atoms with van der Waals surface area (Å²) < 4.78 is 18.3. The average Bonchev–Trinajstić information content (AvgIpc) is 3.20. The van der Waals surface area contributed by atoms with E-state index < -0.39 is 0 Å². The fourth-order valence-corrected chi connectivity index (χ4v) is 4.27. The topological polar surface area (TPSA) is 91.4 Å². The Morgan fingerprint density at radius 3 is 2.73 bits per heavy atom. The summed E-state index contributed by atoms with van der Waals surface area (Å²) in [4.78, 5) is 17.4. The zero-order valence-corrected chi connectivity index (χ0v) is 17.9. The van der Waals surface area contributed by atoms with Crippen LogP contribution in [-0.2, 0) is 16.8 Å². The number of aromatic nitrogens is 3. The van der Waals surface area contributed by atoms with E-state index in [2.05, 4.69) is 15.5 Å². The smallest absolute Gasteiger partial charge is 0.274 e. The lowest BCUT2D eigenvalue weighted by molar-refractivity contribution is -0.123.